The van der Waals surface area contributed by atoms with Crippen molar-refractivity contribution in [2.75, 3.05) is 21.3 Å². The Labute approximate surface area is 151 Å². The van der Waals surface area contributed by atoms with Gasteiger partial charge in [-0.05, 0) is 18.1 Å². The molecule has 0 unspecified atom stereocenters. The van der Waals surface area contributed by atoms with E-state index in [-0.39, 0.29) is 0 Å². The number of hydrogen-bond donors (Lipinski definition) is 0. The molecule has 2 aromatic rings. The summed E-state index contributed by atoms with van der Waals surface area (Å²) in [6, 6.07) is 10.9. The van der Waals surface area contributed by atoms with Gasteiger partial charge in [0.15, 0.2) is 5.92 Å². The van der Waals surface area contributed by atoms with Crippen molar-refractivity contribution in [1.29, 1.82) is 0 Å². The predicted octanol–water partition coefficient (Wildman–Crippen LogP) is 2.85. The van der Waals surface area contributed by atoms with E-state index in [0.717, 1.165) is 11.1 Å². The summed E-state index contributed by atoms with van der Waals surface area (Å²) in [5, 5.41) is 0. The van der Waals surface area contributed by atoms with Gasteiger partial charge in [-0.15, -0.1) is 0 Å². The van der Waals surface area contributed by atoms with E-state index in [2.05, 4.69) is 0 Å². The van der Waals surface area contributed by atoms with Crippen LogP contribution in [-0.2, 0) is 14.3 Å². The number of methoxy groups -OCH3 is 3. The van der Waals surface area contributed by atoms with Gasteiger partial charge in [0.05, 0.1) is 21.3 Å². The normalized spacial score (nSPS) is 18.5. The molecule has 1 aliphatic rings. The summed E-state index contributed by atoms with van der Waals surface area (Å²) in [7, 11) is 4.29. The molecule has 0 aromatic heterocycles. The Morgan fingerprint density at radius 2 is 1.81 bits per heavy atom. The summed E-state index contributed by atoms with van der Waals surface area (Å²) in [5.74, 6) is -1.71. The predicted molar refractivity (Wildman–Crippen MR) is 93.7 cm³/mol. The van der Waals surface area contributed by atoms with Crippen LogP contribution in [0, 0.1) is 12.8 Å². The lowest BCUT2D eigenvalue weighted by Gasteiger charge is -2.32. The first kappa shape index (κ1) is 17.8. The van der Waals surface area contributed by atoms with E-state index in [0.29, 0.717) is 22.8 Å². The van der Waals surface area contributed by atoms with Gasteiger partial charge in [0.1, 0.15) is 17.2 Å². The third kappa shape index (κ3) is 2.87. The van der Waals surface area contributed by atoms with Crippen LogP contribution in [0.4, 0.5) is 0 Å². The van der Waals surface area contributed by atoms with Crippen molar-refractivity contribution >= 4 is 11.9 Å². The zero-order valence-corrected chi connectivity index (χ0v) is 15.1. The van der Waals surface area contributed by atoms with E-state index in [1.165, 1.54) is 21.3 Å². The minimum Gasteiger partial charge on any atom is -0.496 e. The highest BCUT2D eigenvalue weighted by molar-refractivity contribution is 5.99. The third-order valence-electron chi connectivity index (χ3n) is 4.62. The van der Waals surface area contributed by atoms with Gasteiger partial charge in [-0.25, -0.2) is 0 Å². The molecule has 0 saturated carbocycles. The Kier molecular flexibility index (Phi) is 4.84. The lowest BCUT2D eigenvalue weighted by molar-refractivity contribution is -0.157. The van der Waals surface area contributed by atoms with Gasteiger partial charge in [0.2, 0.25) is 0 Å². The average Bonchev–Trinajstić information content (AvgIpc) is 2.65. The molecule has 0 aliphatic carbocycles. The molecule has 6 nitrogen and oxygen atoms in total. The van der Waals surface area contributed by atoms with Crippen LogP contribution in [0.25, 0.3) is 0 Å². The van der Waals surface area contributed by atoms with Gasteiger partial charge in [0.25, 0.3) is 0 Å². The summed E-state index contributed by atoms with van der Waals surface area (Å²) in [6.45, 7) is 1.93. The number of fused-ring (bicyclic) bond motifs is 1. The van der Waals surface area contributed by atoms with Crippen molar-refractivity contribution in [3.05, 3.63) is 53.1 Å². The van der Waals surface area contributed by atoms with Gasteiger partial charge < -0.3 is 18.9 Å². The Morgan fingerprint density at radius 1 is 1.08 bits per heavy atom. The van der Waals surface area contributed by atoms with Gasteiger partial charge >= 0.3 is 11.9 Å². The molecule has 0 N–H and O–H groups in total. The molecule has 26 heavy (non-hydrogen) atoms. The number of benzene rings is 2. The topological polar surface area (TPSA) is 71.1 Å². The molecule has 136 valence electrons. The van der Waals surface area contributed by atoms with Gasteiger partial charge in [-0.1, -0.05) is 24.3 Å². The van der Waals surface area contributed by atoms with E-state index in [9.17, 15) is 9.59 Å². The number of carbonyl (C=O) groups is 2. The summed E-state index contributed by atoms with van der Waals surface area (Å²) in [4.78, 5) is 25.1. The number of aryl methyl sites for hydroxylation is 1. The summed E-state index contributed by atoms with van der Waals surface area (Å²) >= 11 is 0. The second kappa shape index (κ2) is 7.07. The van der Waals surface area contributed by atoms with Gasteiger partial charge in [0, 0.05) is 23.6 Å². The number of esters is 2. The summed E-state index contributed by atoms with van der Waals surface area (Å²) in [5.41, 5.74) is 2.41. The molecule has 0 fully saturated rings. The standard InChI is InChI=1S/C20H20O6/c1-11-7-5-6-8-13(11)16-17-14(24-3)9-12(23-2)10-15(17)26-20(22)18(16)19(21)25-4/h5-10,16,18H,1-4H3/t16-,18-/m1/s1. The zero-order chi connectivity index (χ0) is 18.8. The van der Waals surface area contributed by atoms with Crippen LogP contribution in [0.1, 0.15) is 22.6 Å². The lowest BCUT2D eigenvalue weighted by atomic mass is 9.76. The van der Waals surface area contributed by atoms with Crippen LogP contribution in [0.5, 0.6) is 17.2 Å². The van der Waals surface area contributed by atoms with Crippen LogP contribution in [0.15, 0.2) is 36.4 Å². The molecule has 6 heteroatoms. The summed E-state index contributed by atoms with van der Waals surface area (Å²) in [6.07, 6.45) is 0. The van der Waals surface area contributed by atoms with Crippen LogP contribution in [0.2, 0.25) is 0 Å². The van der Waals surface area contributed by atoms with Crippen molar-refractivity contribution in [2.24, 2.45) is 5.92 Å². The van der Waals surface area contributed by atoms with Crippen molar-refractivity contribution in [3.63, 3.8) is 0 Å². The zero-order valence-electron chi connectivity index (χ0n) is 15.1. The van der Waals surface area contributed by atoms with E-state index in [4.69, 9.17) is 18.9 Å². The monoisotopic (exact) mass is 356 g/mol. The SMILES string of the molecule is COC(=O)[C@@H]1C(=O)Oc2cc(OC)cc(OC)c2[C@H]1c1ccccc1C. The van der Waals surface area contributed by atoms with E-state index < -0.39 is 23.8 Å². The maximum Gasteiger partial charge on any atom is 0.326 e. The minimum atomic E-state index is -1.11. The maximum atomic E-state index is 12.6. The van der Waals surface area contributed by atoms with Crippen LogP contribution >= 0.6 is 0 Å². The fourth-order valence-corrected chi connectivity index (χ4v) is 3.36. The highest BCUT2D eigenvalue weighted by atomic mass is 16.6. The van der Waals surface area contributed by atoms with Crippen molar-refractivity contribution in [1.82, 2.24) is 0 Å². The molecule has 1 aliphatic heterocycles. The molecule has 2 aromatic carbocycles. The number of hydrogen-bond acceptors (Lipinski definition) is 6. The molecular formula is C20H20O6. The number of carbonyl (C=O) groups excluding carboxylic acids is 2. The second-order valence-corrected chi connectivity index (χ2v) is 6.00. The fourth-order valence-electron chi connectivity index (χ4n) is 3.36. The van der Waals surface area contributed by atoms with Gasteiger partial charge in [-0.3, -0.25) is 9.59 Å². The van der Waals surface area contributed by atoms with Crippen LogP contribution in [-0.4, -0.2) is 33.3 Å². The molecule has 2 atom stereocenters. The van der Waals surface area contributed by atoms with E-state index in [1.54, 1.807) is 12.1 Å². The molecule has 1 heterocycles. The van der Waals surface area contributed by atoms with Crippen LogP contribution < -0.4 is 14.2 Å². The Morgan fingerprint density at radius 3 is 2.42 bits per heavy atom. The lowest BCUT2D eigenvalue weighted by Crippen LogP contribution is -2.39. The highest BCUT2D eigenvalue weighted by Crippen LogP contribution is 2.49. The number of rotatable bonds is 4. The van der Waals surface area contributed by atoms with E-state index >= 15 is 0 Å². The molecule has 0 spiro atoms. The van der Waals surface area contributed by atoms with Crippen molar-refractivity contribution in [2.45, 2.75) is 12.8 Å². The molecule has 0 radical (unpaired) electrons. The van der Waals surface area contributed by atoms with Crippen molar-refractivity contribution < 1.29 is 28.5 Å². The third-order valence-corrected chi connectivity index (χ3v) is 4.62. The van der Waals surface area contributed by atoms with Crippen LogP contribution in [0.3, 0.4) is 0 Å². The fraction of sp³-hybridized carbons (Fsp3) is 0.300. The first-order chi connectivity index (χ1) is 12.5. The quantitative estimate of drug-likeness (QED) is 0.477. The molecular weight excluding hydrogens is 336 g/mol. The minimum absolute atomic E-state index is 0.319. The Balaban J connectivity index is 2.31. The molecule has 0 saturated heterocycles. The smallest absolute Gasteiger partial charge is 0.326 e. The number of ether oxygens (including phenoxy) is 4. The largest absolute Gasteiger partial charge is 0.496 e. The average molecular weight is 356 g/mol. The Bertz CT molecular complexity index is 857. The molecule has 0 amide bonds. The second-order valence-electron chi connectivity index (χ2n) is 6.00. The van der Waals surface area contributed by atoms with Gasteiger partial charge in [-0.2, -0.15) is 0 Å². The Hall–Kier alpha value is -3.02. The molecule has 3 rings (SSSR count). The first-order valence-electron chi connectivity index (χ1n) is 8.12. The molecule has 0 bridgehead atoms. The van der Waals surface area contributed by atoms with Crippen molar-refractivity contribution in [3.8, 4) is 17.2 Å². The first-order valence-corrected chi connectivity index (χ1v) is 8.12. The summed E-state index contributed by atoms with van der Waals surface area (Å²) < 4.78 is 21.1. The highest BCUT2D eigenvalue weighted by Gasteiger charge is 2.46. The maximum absolute atomic E-state index is 12.6. The van der Waals surface area contributed by atoms with E-state index in [1.807, 2.05) is 31.2 Å².